The van der Waals surface area contributed by atoms with E-state index in [0.717, 1.165) is 44.6 Å². The molecule has 3 heterocycles. The number of carbonyl (C=O) groups is 2. The number of piperidine rings is 1. The molecule has 8 heteroatoms. The molecule has 0 spiro atoms. The molecule has 2 aromatic rings. The third kappa shape index (κ3) is 5.18. The van der Waals surface area contributed by atoms with Crippen LogP contribution in [0.2, 0.25) is 0 Å². The lowest BCUT2D eigenvalue weighted by Crippen LogP contribution is -2.45. The third-order valence-electron chi connectivity index (χ3n) is 4.64. The number of rotatable bonds is 7. The molecule has 1 saturated heterocycles. The van der Waals surface area contributed by atoms with E-state index >= 15 is 0 Å². The molecule has 146 valence electrons. The summed E-state index contributed by atoms with van der Waals surface area (Å²) < 4.78 is 10.2. The highest BCUT2D eigenvalue weighted by molar-refractivity contribution is 7.18. The van der Waals surface area contributed by atoms with Crippen molar-refractivity contribution in [1.29, 1.82) is 0 Å². The van der Waals surface area contributed by atoms with E-state index < -0.39 is 0 Å². The van der Waals surface area contributed by atoms with Gasteiger partial charge in [0.2, 0.25) is 0 Å². The quantitative estimate of drug-likeness (QED) is 0.758. The highest BCUT2D eigenvalue weighted by Crippen LogP contribution is 2.27. The van der Waals surface area contributed by atoms with Crippen LogP contribution in [0.3, 0.4) is 0 Å². The van der Waals surface area contributed by atoms with Crippen molar-refractivity contribution in [3.05, 3.63) is 40.7 Å². The molecule has 0 bridgehead atoms. The number of carbonyl (C=O) groups excluding carboxylic acids is 2. The number of likely N-dealkylation sites (tertiary alicyclic amines) is 1. The molecular weight excluding hydrogens is 366 g/mol. The van der Waals surface area contributed by atoms with Crippen molar-refractivity contribution in [2.75, 3.05) is 38.7 Å². The lowest BCUT2D eigenvalue weighted by atomic mass is 10.0. The van der Waals surface area contributed by atoms with Gasteiger partial charge in [-0.15, -0.1) is 11.3 Å². The summed E-state index contributed by atoms with van der Waals surface area (Å²) in [5, 5.41) is 6.54. The lowest BCUT2D eigenvalue weighted by Gasteiger charge is -2.32. The number of nitrogens with one attached hydrogen (secondary N) is 2. The first-order chi connectivity index (χ1) is 13.1. The van der Waals surface area contributed by atoms with Crippen molar-refractivity contribution >= 4 is 28.2 Å². The fourth-order valence-corrected chi connectivity index (χ4v) is 4.09. The number of ether oxygens (including phenoxy) is 1. The van der Waals surface area contributed by atoms with Crippen LogP contribution in [0.4, 0.5) is 5.00 Å². The molecule has 2 amide bonds. The maximum Gasteiger partial charge on any atom is 0.291 e. The molecule has 1 aliphatic heterocycles. The largest absolute Gasteiger partial charge is 0.459 e. The fourth-order valence-electron chi connectivity index (χ4n) is 3.12. The first-order valence-corrected chi connectivity index (χ1v) is 9.86. The zero-order valence-corrected chi connectivity index (χ0v) is 16.4. The van der Waals surface area contributed by atoms with E-state index in [1.54, 1.807) is 19.2 Å². The summed E-state index contributed by atoms with van der Waals surface area (Å²) in [5.74, 6) is -0.157. The van der Waals surface area contributed by atoms with Crippen molar-refractivity contribution in [3.8, 4) is 0 Å². The summed E-state index contributed by atoms with van der Waals surface area (Å²) in [7, 11) is 1.71. The van der Waals surface area contributed by atoms with Gasteiger partial charge in [-0.1, -0.05) is 0 Å². The molecule has 7 nitrogen and oxygen atoms in total. The molecule has 0 unspecified atom stereocenters. The Morgan fingerprint density at radius 3 is 2.78 bits per heavy atom. The molecule has 2 aromatic heterocycles. The van der Waals surface area contributed by atoms with Gasteiger partial charge in [-0.2, -0.15) is 0 Å². The summed E-state index contributed by atoms with van der Waals surface area (Å²) in [6, 6.07) is 5.25. The van der Waals surface area contributed by atoms with E-state index in [0.29, 0.717) is 9.88 Å². The van der Waals surface area contributed by atoms with Crippen molar-refractivity contribution in [2.24, 2.45) is 0 Å². The van der Waals surface area contributed by atoms with E-state index in [4.69, 9.17) is 9.15 Å². The molecule has 27 heavy (non-hydrogen) atoms. The second-order valence-corrected chi connectivity index (χ2v) is 7.69. The smallest absolute Gasteiger partial charge is 0.291 e. The average molecular weight is 391 g/mol. The molecule has 0 aliphatic carbocycles. The van der Waals surface area contributed by atoms with Gasteiger partial charge >= 0.3 is 0 Å². The second-order valence-electron chi connectivity index (χ2n) is 6.64. The Balaban J connectivity index is 1.53. The predicted molar refractivity (Wildman–Crippen MR) is 105 cm³/mol. The van der Waals surface area contributed by atoms with Gasteiger partial charge in [-0.3, -0.25) is 9.59 Å². The van der Waals surface area contributed by atoms with Gasteiger partial charge in [0.15, 0.2) is 5.76 Å². The molecular formula is C19H25N3O4S. The van der Waals surface area contributed by atoms with Crippen molar-refractivity contribution in [3.63, 3.8) is 0 Å². The number of aryl methyl sites for hydroxylation is 1. The summed E-state index contributed by atoms with van der Waals surface area (Å²) in [6.07, 6.45) is 3.32. The normalized spacial score (nSPS) is 15.6. The Hall–Kier alpha value is -2.16. The Bertz CT molecular complexity index is 764. The number of furan rings is 1. The Morgan fingerprint density at radius 1 is 1.33 bits per heavy atom. The fraction of sp³-hybridized carbons (Fsp3) is 0.474. The minimum absolute atomic E-state index is 0.0775. The van der Waals surface area contributed by atoms with E-state index in [1.165, 1.54) is 17.6 Å². The van der Waals surface area contributed by atoms with Crippen LogP contribution in [0.1, 0.15) is 38.6 Å². The Kier molecular flexibility index (Phi) is 6.65. The van der Waals surface area contributed by atoms with Gasteiger partial charge in [0, 0.05) is 32.8 Å². The van der Waals surface area contributed by atoms with Crippen LogP contribution in [-0.4, -0.2) is 56.1 Å². The average Bonchev–Trinajstić information content (AvgIpc) is 3.31. The van der Waals surface area contributed by atoms with E-state index in [2.05, 4.69) is 15.5 Å². The van der Waals surface area contributed by atoms with E-state index in [9.17, 15) is 9.59 Å². The summed E-state index contributed by atoms with van der Waals surface area (Å²) >= 11 is 1.28. The molecule has 0 saturated carbocycles. The first-order valence-electron chi connectivity index (χ1n) is 9.04. The van der Waals surface area contributed by atoms with E-state index in [-0.39, 0.29) is 23.6 Å². The number of anilines is 1. The minimum atomic E-state index is -0.323. The number of hydrogen-bond donors (Lipinski definition) is 2. The molecule has 1 aliphatic rings. The van der Waals surface area contributed by atoms with Crippen LogP contribution in [0.25, 0.3) is 0 Å². The van der Waals surface area contributed by atoms with Crippen LogP contribution in [0.5, 0.6) is 0 Å². The summed E-state index contributed by atoms with van der Waals surface area (Å²) in [4.78, 5) is 27.7. The summed E-state index contributed by atoms with van der Waals surface area (Å²) in [6.45, 7) is 5.46. The zero-order chi connectivity index (χ0) is 19.2. The predicted octanol–water partition coefficient (Wildman–Crippen LogP) is 2.74. The standard InChI is InChI=1S/C19H25N3O4S/c1-13-12-16(21-18(23)15-4-3-10-26-15)27-17(13)19(24)20-14-5-7-22(8-6-14)9-11-25-2/h3-4,10,12,14H,5-9,11H2,1-2H3,(H,20,24)(H,21,23). The maximum absolute atomic E-state index is 12.6. The molecule has 0 atom stereocenters. The second kappa shape index (κ2) is 9.16. The van der Waals surface area contributed by atoms with Gasteiger partial charge in [-0.05, 0) is 43.5 Å². The maximum atomic E-state index is 12.6. The van der Waals surface area contributed by atoms with Crippen molar-refractivity contribution in [1.82, 2.24) is 10.2 Å². The third-order valence-corrected chi connectivity index (χ3v) is 5.79. The van der Waals surface area contributed by atoms with Crippen molar-refractivity contribution < 1.29 is 18.7 Å². The van der Waals surface area contributed by atoms with Crippen LogP contribution in [0.15, 0.2) is 28.9 Å². The molecule has 0 radical (unpaired) electrons. The molecule has 0 aromatic carbocycles. The van der Waals surface area contributed by atoms with Gasteiger partial charge < -0.3 is 24.7 Å². The number of thiophene rings is 1. The molecule has 2 N–H and O–H groups in total. The van der Waals surface area contributed by atoms with Gasteiger partial charge in [0.1, 0.15) is 0 Å². The summed E-state index contributed by atoms with van der Waals surface area (Å²) in [5.41, 5.74) is 0.852. The highest BCUT2D eigenvalue weighted by atomic mass is 32.1. The van der Waals surface area contributed by atoms with Gasteiger partial charge in [0.05, 0.1) is 22.7 Å². The molecule has 1 fully saturated rings. The Morgan fingerprint density at radius 2 is 2.11 bits per heavy atom. The number of methoxy groups -OCH3 is 1. The van der Waals surface area contributed by atoms with Crippen LogP contribution >= 0.6 is 11.3 Å². The number of amides is 2. The topological polar surface area (TPSA) is 83.8 Å². The SMILES string of the molecule is COCCN1CCC(NC(=O)c2sc(NC(=O)c3ccco3)cc2C)CC1. The van der Waals surface area contributed by atoms with Crippen LogP contribution in [-0.2, 0) is 4.74 Å². The van der Waals surface area contributed by atoms with Crippen LogP contribution < -0.4 is 10.6 Å². The van der Waals surface area contributed by atoms with Gasteiger partial charge in [-0.25, -0.2) is 0 Å². The van der Waals surface area contributed by atoms with Gasteiger partial charge in [0.25, 0.3) is 11.8 Å². The zero-order valence-electron chi connectivity index (χ0n) is 15.6. The van der Waals surface area contributed by atoms with Crippen LogP contribution in [0, 0.1) is 6.92 Å². The molecule has 3 rings (SSSR count). The lowest BCUT2D eigenvalue weighted by molar-refractivity contribution is 0.0895. The monoisotopic (exact) mass is 391 g/mol. The number of nitrogens with zero attached hydrogens (tertiary/aromatic N) is 1. The number of hydrogen-bond acceptors (Lipinski definition) is 6. The highest BCUT2D eigenvalue weighted by Gasteiger charge is 2.23. The van der Waals surface area contributed by atoms with E-state index in [1.807, 2.05) is 13.0 Å². The Labute approximate surface area is 162 Å². The minimum Gasteiger partial charge on any atom is -0.459 e. The van der Waals surface area contributed by atoms with Crippen molar-refractivity contribution in [2.45, 2.75) is 25.8 Å². The first kappa shape index (κ1) is 19.6.